The van der Waals surface area contributed by atoms with E-state index in [9.17, 15) is 5.11 Å². The fourth-order valence-corrected chi connectivity index (χ4v) is 1.27. The summed E-state index contributed by atoms with van der Waals surface area (Å²) in [6.07, 6.45) is 4.29. The minimum Gasteiger partial charge on any atom is -0.392 e. The van der Waals surface area contributed by atoms with E-state index >= 15 is 0 Å². The number of aliphatic hydroxyl groups is 2. The number of hydrogen-bond donors (Lipinski definition) is 2. The van der Waals surface area contributed by atoms with Gasteiger partial charge in [-0.3, -0.25) is 0 Å². The molecule has 0 fully saturated rings. The Morgan fingerprint density at radius 3 is 2.57 bits per heavy atom. The van der Waals surface area contributed by atoms with E-state index in [-0.39, 0.29) is 6.61 Å². The first-order valence-corrected chi connectivity index (χ1v) is 4.82. The molecule has 0 radical (unpaired) electrons. The first kappa shape index (κ1) is 11.0. The van der Waals surface area contributed by atoms with E-state index < -0.39 is 6.10 Å². The van der Waals surface area contributed by atoms with Crippen LogP contribution in [0.3, 0.4) is 0 Å². The Hall–Kier alpha value is -1.12. The lowest BCUT2D eigenvalue weighted by Gasteiger charge is -2.04. The third-order valence-corrected chi connectivity index (χ3v) is 2.04. The van der Waals surface area contributed by atoms with Crippen LogP contribution in [0.25, 0.3) is 0 Å². The SMILES string of the molecule is OC/C=C/[C@@H](O)CCc1ccccc1. The van der Waals surface area contributed by atoms with Crippen molar-refractivity contribution in [1.82, 2.24) is 0 Å². The highest BCUT2D eigenvalue weighted by atomic mass is 16.3. The molecule has 0 amide bonds. The smallest absolute Gasteiger partial charge is 0.0724 e. The predicted molar refractivity (Wildman–Crippen MR) is 57.0 cm³/mol. The summed E-state index contributed by atoms with van der Waals surface area (Å²) in [6.45, 7) is -0.0115. The van der Waals surface area contributed by atoms with Gasteiger partial charge in [-0.15, -0.1) is 0 Å². The summed E-state index contributed by atoms with van der Waals surface area (Å²) in [5.74, 6) is 0. The largest absolute Gasteiger partial charge is 0.392 e. The van der Waals surface area contributed by atoms with E-state index in [1.54, 1.807) is 12.2 Å². The molecule has 0 spiro atoms. The molecule has 0 bridgehead atoms. The summed E-state index contributed by atoms with van der Waals surface area (Å²) in [5.41, 5.74) is 1.23. The van der Waals surface area contributed by atoms with Crippen LogP contribution < -0.4 is 0 Å². The third kappa shape index (κ3) is 4.21. The number of aliphatic hydroxyl groups excluding tert-OH is 2. The van der Waals surface area contributed by atoms with Crippen LogP contribution in [0.1, 0.15) is 12.0 Å². The molecule has 0 unspecified atom stereocenters. The van der Waals surface area contributed by atoms with E-state index in [2.05, 4.69) is 0 Å². The van der Waals surface area contributed by atoms with Gasteiger partial charge in [-0.1, -0.05) is 42.5 Å². The molecule has 0 aliphatic heterocycles. The van der Waals surface area contributed by atoms with Gasteiger partial charge in [0.25, 0.3) is 0 Å². The molecular weight excluding hydrogens is 176 g/mol. The maximum Gasteiger partial charge on any atom is 0.0724 e. The topological polar surface area (TPSA) is 40.5 Å². The van der Waals surface area contributed by atoms with E-state index in [1.165, 1.54) is 5.56 Å². The van der Waals surface area contributed by atoms with Gasteiger partial charge in [-0.25, -0.2) is 0 Å². The van der Waals surface area contributed by atoms with Gasteiger partial charge in [0.15, 0.2) is 0 Å². The highest BCUT2D eigenvalue weighted by Crippen LogP contribution is 2.05. The fourth-order valence-electron chi connectivity index (χ4n) is 1.27. The second-order valence-corrected chi connectivity index (χ2v) is 3.20. The van der Waals surface area contributed by atoms with Crippen molar-refractivity contribution in [2.45, 2.75) is 18.9 Å². The summed E-state index contributed by atoms with van der Waals surface area (Å²) in [7, 11) is 0. The zero-order valence-electron chi connectivity index (χ0n) is 8.13. The lowest BCUT2D eigenvalue weighted by Crippen LogP contribution is -2.04. The summed E-state index contributed by atoms with van der Waals surface area (Å²) in [4.78, 5) is 0. The van der Waals surface area contributed by atoms with Crippen molar-refractivity contribution < 1.29 is 10.2 Å². The summed E-state index contributed by atoms with van der Waals surface area (Å²) >= 11 is 0. The first-order valence-electron chi connectivity index (χ1n) is 4.82. The summed E-state index contributed by atoms with van der Waals surface area (Å²) in [6, 6.07) is 10.0. The van der Waals surface area contributed by atoms with Crippen LogP contribution in [0.15, 0.2) is 42.5 Å². The Morgan fingerprint density at radius 1 is 1.21 bits per heavy atom. The monoisotopic (exact) mass is 192 g/mol. The van der Waals surface area contributed by atoms with Gasteiger partial charge in [-0.2, -0.15) is 0 Å². The molecule has 2 N–H and O–H groups in total. The van der Waals surface area contributed by atoms with E-state index in [0.29, 0.717) is 6.42 Å². The Labute approximate surface area is 84.5 Å². The number of hydrogen-bond acceptors (Lipinski definition) is 2. The van der Waals surface area contributed by atoms with Crippen molar-refractivity contribution >= 4 is 0 Å². The van der Waals surface area contributed by atoms with Crippen molar-refractivity contribution in [3.05, 3.63) is 48.0 Å². The fraction of sp³-hybridized carbons (Fsp3) is 0.333. The average Bonchev–Trinajstić information content (AvgIpc) is 2.25. The van der Waals surface area contributed by atoms with Crippen molar-refractivity contribution in [2.24, 2.45) is 0 Å². The molecule has 2 heteroatoms. The quantitative estimate of drug-likeness (QED) is 0.694. The lowest BCUT2D eigenvalue weighted by atomic mass is 10.1. The summed E-state index contributed by atoms with van der Waals surface area (Å²) in [5, 5.41) is 17.9. The van der Waals surface area contributed by atoms with Crippen LogP contribution in [-0.4, -0.2) is 22.9 Å². The van der Waals surface area contributed by atoms with E-state index in [1.807, 2.05) is 30.3 Å². The van der Waals surface area contributed by atoms with E-state index in [0.717, 1.165) is 6.42 Å². The summed E-state index contributed by atoms with van der Waals surface area (Å²) < 4.78 is 0. The van der Waals surface area contributed by atoms with Crippen LogP contribution in [0.5, 0.6) is 0 Å². The van der Waals surface area contributed by atoms with Gasteiger partial charge in [-0.05, 0) is 18.4 Å². The number of aryl methyl sites for hydroxylation is 1. The second kappa shape index (κ2) is 6.35. The van der Waals surface area contributed by atoms with Crippen LogP contribution in [0.2, 0.25) is 0 Å². The van der Waals surface area contributed by atoms with Crippen molar-refractivity contribution in [2.75, 3.05) is 6.61 Å². The molecule has 76 valence electrons. The van der Waals surface area contributed by atoms with Gasteiger partial charge in [0.2, 0.25) is 0 Å². The molecule has 0 saturated carbocycles. The molecule has 0 aliphatic rings. The highest BCUT2D eigenvalue weighted by Gasteiger charge is 1.99. The van der Waals surface area contributed by atoms with Crippen LogP contribution in [-0.2, 0) is 6.42 Å². The van der Waals surface area contributed by atoms with E-state index in [4.69, 9.17) is 5.11 Å². The zero-order chi connectivity index (χ0) is 10.2. The molecule has 1 rings (SSSR count). The average molecular weight is 192 g/mol. The van der Waals surface area contributed by atoms with Gasteiger partial charge in [0.1, 0.15) is 0 Å². The molecule has 1 atom stereocenters. The molecule has 14 heavy (non-hydrogen) atoms. The standard InChI is InChI=1S/C12H16O2/c13-10-4-7-12(14)9-8-11-5-2-1-3-6-11/h1-7,12-14H,8-10H2/b7-4+/t12-/m1/s1. The molecule has 0 aromatic heterocycles. The maximum atomic E-state index is 9.44. The first-order chi connectivity index (χ1) is 6.83. The minimum atomic E-state index is -0.456. The zero-order valence-corrected chi connectivity index (χ0v) is 8.13. The Balaban J connectivity index is 2.30. The molecule has 2 nitrogen and oxygen atoms in total. The Morgan fingerprint density at radius 2 is 1.93 bits per heavy atom. The predicted octanol–water partition coefficient (Wildman–Crippen LogP) is 1.53. The van der Waals surface area contributed by atoms with Gasteiger partial charge >= 0.3 is 0 Å². The molecule has 0 heterocycles. The normalized spacial score (nSPS) is 13.3. The van der Waals surface area contributed by atoms with Crippen LogP contribution in [0, 0.1) is 0 Å². The molecular formula is C12H16O2. The molecule has 1 aromatic rings. The molecule has 0 aliphatic carbocycles. The number of benzene rings is 1. The number of rotatable bonds is 5. The Bertz CT molecular complexity index is 267. The third-order valence-electron chi connectivity index (χ3n) is 2.04. The van der Waals surface area contributed by atoms with Crippen molar-refractivity contribution in [3.8, 4) is 0 Å². The van der Waals surface area contributed by atoms with Crippen molar-refractivity contribution in [3.63, 3.8) is 0 Å². The Kier molecular flexibility index (Phi) is 4.97. The van der Waals surface area contributed by atoms with Crippen LogP contribution >= 0.6 is 0 Å². The van der Waals surface area contributed by atoms with Gasteiger partial charge in [0.05, 0.1) is 12.7 Å². The minimum absolute atomic E-state index is 0.0115. The van der Waals surface area contributed by atoms with Crippen LogP contribution in [0.4, 0.5) is 0 Å². The van der Waals surface area contributed by atoms with Gasteiger partial charge < -0.3 is 10.2 Å². The highest BCUT2D eigenvalue weighted by molar-refractivity contribution is 5.14. The second-order valence-electron chi connectivity index (χ2n) is 3.20. The molecule has 1 aromatic carbocycles. The maximum absolute atomic E-state index is 9.44. The molecule has 0 saturated heterocycles. The van der Waals surface area contributed by atoms with Crippen molar-refractivity contribution in [1.29, 1.82) is 0 Å². The van der Waals surface area contributed by atoms with Gasteiger partial charge in [0, 0.05) is 0 Å². The lowest BCUT2D eigenvalue weighted by molar-refractivity contribution is 0.211.